The first-order chi connectivity index (χ1) is 15.0. The molecule has 154 valence electrons. The summed E-state index contributed by atoms with van der Waals surface area (Å²) < 4.78 is 7.63. The molecule has 31 heavy (non-hydrogen) atoms. The fourth-order valence-corrected chi connectivity index (χ4v) is 3.34. The number of aryl methyl sites for hydroxylation is 2. The molecule has 2 aromatic heterocycles. The molecular weight excluding hydrogens is 412 g/mol. The van der Waals surface area contributed by atoms with Gasteiger partial charge in [0, 0.05) is 18.2 Å². The molecule has 0 unspecified atom stereocenters. The SMILES string of the molecule is Cc1nn(C)c(Cl)c1C=CC(=O)C=Cc1ccccc1Oc1ncnc2ccccc12. The molecule has 0 bridgehead atoms. The Balaban J connectivity index is 1.55. The third-order valence-electron chi connectivity index (χ3n) is 4.67. The fraction of sp³-hybridized carbons (Fsp3) is 0.0833. The molecule has 0 saturated heterocycles. The van der Waals surface area contributed by atoms with Gasteiger partial charge in [-0.3, -0.25) is 9.48 Å². The molecular formula is C24H19ClN4O2. The molecule has 0 N–H and O–H groups in total. The van der Waals surface area contributed by atoms with Crippen molar-refractivity contribution in [1.29, 1.82) is 0 Å². The Bertz CT molecular complexity index is 1320. The molecule has 0 radical (unpaired) electrons. The standard InChI is InChI=1S/C24H19ClN4O2/c1-16-19(23(25)29(2)28-16)14-13-18(30)12-11-17-7-3-6-10-22(17)31-24-20-8-4-5-9-21(20)26-15-27-24/h3-15H,1-2H3. The number of ketones is 1. The molecule has 4 rings (SSSR count). The lowest BCUT2D eigenvalue weighted by Crippen LogP contribution is -1.93. The number of ether oxygens (including phenoxy) is 1. The second-order valence-electron chi connectivity index (χ2n) is 6.82. The molecule has 0 aliphatic carbocycles. The highest BCUT2D eigenvalue weighted by Gasteiger charge is 2.09. The molecule has 0 saturated carbocycles. The van der Waals surface area contributed by atoms with E-state index in [1.165, 1.54) is 18.5 Å². The third-order valence-corrected chi connectivity index (χ3v) is 5.12. The average molecular weight is 431 g/mol. The fourth-order valence-electron chi connectivity index (χ4n) is 3.11. The van der Waals surface area contributed by atoms with E-state index in [0.29, 0.717) is 16.8 Å². The van der Waals surface area contributed by atoms with E-state index in [-0.39, 0.29) is 5.78 Å². The molecule has 0 aliphatic heterocycles. The van der Waals surface area contributed by atoms with Gasteiger partial charge in [-0.15, -0.1) is 0 Å². The van der Waals surface area contributed by atoms with E-state index < -0.39 is 0 Å². The normalized spacial score (nSPS) is 11.6. The molecule has 4 aromatic rings. The minimum atomic E-state index is -0.179. The van der Waals surface area contributed by atoms with Crippen molar-refractivity contribution in [3.05, 3.63) is 89.0 Å². The Hall–Kier alpha value is -3.77. The van der Waals surface area contributed by atoms with Crippen molar-refractivity contribution in [1.82, 2.24) is 19.7 Å². The number of rotatable bonds is 6. The van der Waals surface area contributed by atoms with Crippen molar-refractivity contribution >= 4 is 40.4 Å². The van der Waals surface area contributed by atoms with Crippen LogP contribution in [0.3, 0.4) is 0 Å². The predicted molar refractivity (Wildman–Crippen MR) is 122 cm³/mol. The average Bonchev–Trinajstić information content (AvgIpc) is 3.02. The first kappa shape index (κ1) is 20.5. The van der Waals surface area contributed by atoms with Crippen molar-refractivity contribution in [3.63, 3.8) is 0 Å². The number of benzene rings is 2. The van der Waals surface area contributed by atoms with Crippen LogP contribution in [0.25, 0.3) is 23.1 Å². The Morgan fingerprint density at radius 2 is 1.77 bits per heavy atom. The summed E-state index contributed by atoms with van der Waals surface area (Å²) in [6.45, 7) is 1.84. The predicted octanol–water partition coefficient (Wildman–Crippen LogP) is 5.41. The van der Waals surface area contributed by atoms with Gasteiger partial charge in [-0.05, 0) is 49.4 Å². The maximum Gasteiger partial charge on any atom is 0.230 e. The van der Waals surface area contributed by atoms with E-state index in [1.807, 2.05) is 55.5 Å². The highest BCUT2D eigenvalue weighted by molar-refractivity contribution is 6.31. The minimum Gasteiger partial charge on any atom is -0.438 e. The van der Waals surface area contributed by atoms with Crippen LogP contribution in [-0.2, 0) is 11.8 Å². The largest absolute Gasteiger partial charge is 0.438 e. The van der Waals surface area contributed by atoms with Gasteiger partial charge in [0.25, 0.3) is 0 Å². The number of nitrogens with zero attached hydrogens (tertiary/aromatic N) is 4. The quantitative estimate of drug-likeness (QED) is 0.382. The Morgan fingerprint density at radius 3 is 2.58 bits per heavy atom. The molecule has 0 atom stereocenters. The molecule has 2 heterocycles. The van der Waals surface area contributed by atoms with Crippen molar-refractivity contribution in [2.45, 2.75) is 6.92 Å². The van der Waals surface area contributed by atoms with Gasteiger partial charge in [-0.1, -0.05) is 41.9 Å². The van der Waals surface area contributed by atoms with E-state index >= 15 is 0 Å². The van der Waals surface area contributed by atoms with Gasteiger partial charge < -0.3 is 4.74 Å². The van der Waals surface area contributed by atoms with Crippen LogP contribution in [0, 0.1) is 6.92 Å². The number of carbonyl (C=O) groups excluding carboxylic acids is 1. The van der Waals surface area contributed by atoms with E-state index in [2.05, 4.69) is 15.1 Å². The van der Waals surface area contributed by atoms with E-state index in [4.69, 9.17) is 16.3 Å². The summed E-state index contributed by atoms with van der Waals surface area (Å²) in [7, 11) is 1.76. The van der Waals surface area contributed by atoms with Crippen LogP contribution in [0.15, 0.2) is 67.0 Å². The lowest BCUT2D eigenvalue weighted by molar-refractivity contribution is -0.110. The lowest BCUT2D eigenvalue weighted by atomic mass is 10.1. The van der Waals surface area contributed by atoms with Crippen molar-refractivity contribution in [2.75, 3.05) is 0 Å². The van der Waals surface area contributed by atoms with Crippen molar-refractivity contribution in [3.8, 4) is 11.6 Å². The minimum absolute atomic E-state index is 0.179. The topological polar surface area (TPSA) is 69.9 Å². The maximum absolute atomic E-state index is 12.4. The van der Waals surface area contributed by atoms with E-state index in [1.54, 1.807) is 23.9 Å². The first-order valence-electron chi connectivity index (χ1n) is 9.59. The van der Waals surface area contributed by atoms with Crippen LogP contribution >= 0.6 is 11.6 Å². The number of para-hydroxylation sites is 2. The Morgan fingerprint density at radius 1 is 1.03 bits per heavy atom. The van der Waals surface area contributed by atoms with E-state index in [0.717, 1.165) is 27.7 Å². The van der Waals surface area contributed by atoms with Gasteiger partial charge in [0.2, 0.25) is 5.88 Å². The maximum atomic E-state index is 12.4. The molecule has 0 fully saturated rings. The summed E-state index contributed by atoms with van der Waals surface area (Å²) in [6.07, 6.45) is 7.80. The monoisotopic (exact) mass is 430 g/mol. The van der Waals surface area contributed by atoms with Gasteiger partial charge in [-0.25, -0.2) is 9.97 Å². The number of fused-ring (bicyclic) bond motifs is 1. The Labute approximate surface area is 184 Å². The van der Waals surface area contributed by atoms with Crippen LogP contribution < -0.4 is 4.74 Å². The number of aromatic nitrogens is 4. The smallest absolute Gasteiger partial charge is 0.230 e. The summed E-state index contributed by atoms with van der Waals surface area (Å²) in [4.78, 5) is 20.9. The second kappa shape index (κ2) is 8.93. The zero-order chi connectivity index (χ0) is 21.8. The van der Waals surface area contributed by atoms with Gasteiger partial charge in [0.05, 0.1) is 16.6 Å². The van der Waals surface area contributed by atoms with Crippen molar-refractivity contribution in [2.24, 2.45) is 7.05 Å². The van der Waals surface area contributed by atoms with Crippen LogP contribution in [0.4, 0.5) is 0 Å². The molecule has 0 spiro atoms. The number of halogens is 1. The summed E-state index contributed by atoms with van der Waals surface area (Å²) >= 11 is 6.20. The molecule has 7 heteroatoms. The van der Waals surface area contributed by atoms with Gasteiger partial charge in [0.15, 0.2) is 5.78 Å². The van der Waals surface area contributed by atoms with Crippen molar-refractivity contribution < 1.29 is 9.53 Å². The summed E-state index contributed by atoms with van der Waals surface area (Å²) in [5.41, 5.74) is 3.04. The highest BCUT2D eigenvalue weighted by atomic mass is 35.5. The number of allylic oxidation sites excluding steroid dienone is 2. The van der Waals surface area contributed by atoms with Crippen LogP contribution in [0.1, 0.15) is 16.8 Å². The third kappa shape index (κ3) is 4.54. The van der Waals surface area contributed by atoms with Crippen LogP contribution in [0.2, 0.25) is 5.15 Å². The summed E-state index contributed by atoms with van der Waals surface area (Å²) in [6, 6.07) is 15.1. The second-order valence-corrected chi connectivity index (χ2v) is 7.18. The highest BCUT2D eigenvalue weighted by Crippen LogP contribution is 2.29. The van der Waals surface area contributed by atoms with Gasteiger partial charge in [0.1, 0.15) is 17.2 Å². The van der Waals surface area contributed by atoms with Gasteiger partial charge >= 0.3 is 0 Å². The number of hydrogen-bond acceptors (Lipinski definition) is 5. The molecule has 6 nitrogen and oxygen atoms in total. The number of carbonyl (C=O) groups is 1. The Kier molecular flexibility index (Phi) is 5.91. The van der Waals surface area contributed by atoms with Gasteiger partial charge in [-0.2, -0.15) is 5.10 Å². The first-order valence-corrected chi connectivity index (χ1v) is 9.96. The zero-order valence-electron chi connectivity index (χ0n) is 17.0. The molecule has 0 aliphatic rings. The lowest BCUT2D eigenvalue weighted by Gasteiger charge is -2.09. The zero-order valence-corrected chi connectivity index (χ0v) is 17.7. The number of hydrogen-bond donors (Lipinski definition) is 0. The summed E-state index contributed by atoms with van der Waals surface area (Å²) in [5, 5.41) is 5.53. The van der Waals surface area contributed by atoms with Crippen LogP contribution in [0.5, 0.6) is 11.6 Å². The molecule has 2 aromatic carbocycles. The molecule has 0 amide bonds. The van der Waals surface area contributed by atoms with Crippen LogP contribution in [-0.4, -0.2) is 25.5 Å². The summed E-state index contributed by atoms with van der Waals surface area (Å²) in [5.74, 6) is 0.867. The van der Waals surface area contributed by atoms with E-state index in [9.17, 15) is 4.79 Å².